The molecule has 0 bridgehead atoms. The molecule has 20 heavy (non-hydrogen) atoms. The summed E-state index contributed by atoms with van der Waals surface area (Å²) in [6, 6.07) is 1.75. The summed E-state index contributed by atoms with van der Waals surface area (Å²) in [5, 5.41) is 6.94. The molecule has 4 N–H and O–H groups in total. The van der Waals surface area contributed by atoms with Crippen LogP contribution in [0.1, 0.15) is 37.3 Å². The van der Waals surface area contributed by atoms with Gasteiger partial charge in [-0.25, -0.2) is 15.8 Å². The Bertz CT molecular complexity index is 567. The van der Waals surface area contributed by atoms with Gasteiger partial charge < -0.3 is 15.3 Å². The van der Waals surface area contributed by atoms with Crippen LogP contribution in [0.25, 0.3) is 0 Å². The van der Waals surface area contributed by atoms with E-state index in [0.717, 1.165) is 5.82 Å². The van der Waals surface area contributed by atoms with Gasteiger partial charge in [-0.1, -0.05) is 19.0 Å². The number of nitrogen functional groups attached to an aromatic ring is 1. The Morgan fingerprint density at radius 3 is 2.60 bits per heavy atom. The van der Waals surface area contributed by atoms with Gasteiger partial charge in [0, 0.05) is 24.9 Å². The second-order valence-corrected chi connectivity index (χ2v) is 4.71. The third kappa shape index (κ3) is 3.64. The zero-order valence-corrected chi connectivity index (χ0v) is 11.8. The van der Waals surface area contributed by atoms with Crippen molar-refractivity contribution in [3.8, 4) is 0 Å². The second kappa shape index (κ2) is 6.29. The Morgan fingerprint density at radius 2 is 2.00 bits per heavy atom. The van der Waals surface area contributed by atoms with Gasteiger partial charge in [0.15, 0.2) is 5.82 Å². The van der Waals surface area contributed by atoms with Gasteiger partial charge in [0.2, 0.25) is 5.89 Å². The quantitative estimate of drug-likeness (QED) is 0.533. The van der Waals surface area contributed by atoms with Crippen molar-refractivity contribution in [2.75, 3.05) is 17.3 Å². The number of hydrogen-bond acceptors (Lipinski definition) is 8. The van der Waals surface area contributed by atoms with Gasteiger partial charge in [-0.3, -0.25) is 0 Å². The van der Waals surface area contributed by atoms with Gasteiger partial charge in [-0.2, -0.15) is 4.98 Å². The Kier molecular flexibility index (Phi) is 4.46. The average molecular weight is 277 g/mol. The van der Waals surface area contributed by atoms with E-state index >= 15 is 0 Å². The molecule has 0 aliphatic heterocycles. The van der Waals surface area contributed by atoms with Crippen LogP contribution in [0.5, 0.6) is 0 Å². The molecule has 0 atom stereocenters. The molecule has 0 aromatic carbocycles. The zero-order chi connectivity index (χ0) is 14.5. The molecule has 0 radical (unpaired) electrons. The first kappa shape index (κ1) is 14.2. The monoisotopic (exact) mass is 277 g/mol. The number of aryl methyl sites for hydroxylation is 1. The molecule has 0 aliphatic rings. The number of anilines is 2. The van der Waals surface area contributed by atoms with E-state index in [0.29, 0.717) is 36.3 Å². The van der Waals surface area contributed by atoms with Gasteiger partial charge >= 0.3 is 0 Å². The average Bonchev–Trinajstić information content (AvgIpc) is 2.84. The van der Waals surface area contributed by atoms with E-state index in [1.807, 2.05) is 13.8 Å². The van der Waals surface area contributed by atoms with Crippen molar-refractivity contribution < 1.29 is 4.52 Å². The van der Waals surface area contributed by atoms with Crippen LogP contribution in [0.4, 0.5) is 11.6 Å². The Labute approximate surface area is 117 Å². The molecule has 2 aromatic rings. The van der Waals surface area contributed by atoms with E-state index in [2.05, 4.69) is 30.9 Å². The summed E-state index contributed by atoms with van der Waals surface area (Å²) < 4.78 is 5.04. The molecule has 0 spiro atoms. The molecule has 108 valence electrons. The van der Waals surface area contributed by atoms with Crippen LogP contribution in [-0.2, 0) is 6.42 Å². The van der Waals surface area contributed by atoms with E-state index in [-0.39, 0.29) is 5.92 Å². The second-order valence-electron chi connectivity index (χ2n) is 4.71. The molecule has 0 saturated carbocycles. The fraction of sp³-hybridized carbons (Fsp3) is 0.500. The van der Waals surface area contributed by atoms with Crippen molar-refractivity contribution in [3.63, 3.8) is 0 Å². The maximum absolute atomic E-state index is 5.41. The largest absolute Gasteiger partial charge is 0.369 e. The molecule has 2 heterocycles. The topological polar surface area (TPSA) is 115 Å². The molecule has 0 saturated heterocycles. The number of nitrogens with two attached hydrogens (primary N) is 1. The van der Waals surface area contributed by atoms with Gasteiger partial charge in [0.25, 0.3) is 0 Å². The predicted octanol–water partition coefficient (Wildman–Crippen LogP) is 1.23. The number of aromatic nitrogens is 4. The molecule has 0 unspecified atom stereocenters. The Balaban J connectivity index is 1.99. The van der Waals surface area contributed by atoms with E-state index in [9.17, 15) is 0 Å². The highest BCUT2D eigenvalue weighted by Gasteiger charge is 2.08. The van der Waals surface area contributed by atoms with E-state index in [1.165, 1.54) is 0 Å². The predicted molar refractivity (Wildman–Crippen MR) is 75.2 cm³/mol. The van der Waals surface area contributed by atoms with E-state index in [4.69, 9.17) is 10.4 Å². The van der Waals surface area contributed by atoms with E-state index < -0.39 is 0 Å². The van der Waals surface area contributed by atoms with Crippen molar-refractivity contribution in [1.82, 2.24) is 20.1 Å². The number of hydrogen-bond donors (Lipinski definition) is 3. The Hall–Kier alpha value is -2.22. The fourth-order valence-corrected chi connectivity index (χ4v) is 1.63. The lowest BCUT2D eigenvalue weighted by atomic mass is 10.2. The number of nitrogens with zero attached hydrogens (tertiary/aromatic N) is 4. The minimum Gasteiger partial charge on any atom is -0.369 e. The molecule has 8 heteroatoms. The molecular formula is C12H19N7O. The van der Waals surface area contributed by atoms with Crippen molar-refractivity contribution in [3.05, 3.63) is 23.6 Å². The van der Waals surface area contributed by atoms with Crippen molar-refractivity contribution in [2.24, 2.45) is 5.84 Å². The smallest absolute Gasteiger partial charge is 0.228 e. The lowest BCUT2D eigenvalue weighted by Gasteiger charge is -2.10. The molecular weight excluding hydrogens is 258 g/mol. The SMILES string of the molecule is Cc1noc(CCNc2cc(NN)nc(C(C)C)n2)n1. The highest BCUT2D eigenvalue weighted by molar-refractivity contribution is 5.47. The van der Waals surface area contributed by atoms with Crippen LogP contribution >= 0.6 is 0 Å². The minimum atomic E-state index is 0.224. The van der Waals surface area contributed by atoms with Gasteiger partial charge in [-0.15, -0.1) is 0 Å². The first-order valence-electron chi connectivity index (χ1n) is 6.47. The third-order valence-electron chi connectivity index (χ3n) is 2.62. The minimum absolute atomic E-state index is 0.224. The van der Waals surface area contributed by atoms with E-state index in [1.54, 1.807) is 13.0 Å². The van der Waals surface area contributed by atoms with Crippen molar-refractivity contribution >= 4 is 11.6 Å². The molecule has 2 rings (SSSR count). The molecule has 0 amide bonds. The zero-order valence-electron chi connectivity index (χ0n) is 11.8. The van der Waals surface area contributed by atoms with Crippen LogP contribution in [-0.4, -0.2) is 26.7 Å². The molecule has 8 nitrogen and oxygen atoms in total. The number of rotatable bonds is 6. The maximum Gasteiger partial charge on any atom is 0.228 e. The standard InChI is InChI=1S/C12H19N7O/c1-7(2)12-16-9(6-10(17-12)18-13)14-5-4-11-15-8(3)19-20-11/h6-7H,4-5,13H2,1-3H3,(H2,14,16,17,18). The van der Waals surface area contributed by atoms with Crippen molar-refractivity contribution in [2.45, 2.75) is 33.1 Å². The summed E-state index contributed by atoms with van der Waals surface area (Å²) >= 11 is 0. The molecule has 0 aliphatic carbocycles. The summed E-state index contributed by atoms with van der Waals surface area (Å²) in [6.07, 6.45) is 0.632. The number of nitrogens with one attached hydrogen (secondary N) is 2. The van der Waals surface area contributed by atoms with Gasteiger partial charge in [0.05, 0.1) is 0 Å². The maximum atomic E-state index is 5.41. The van der Waals surface area contributed by atoms with Crippen LogP contribution in [0.3, 0.4) is 0 Å². The summed E-state index contributed by atoms with van der Waals surface area (Å²) in [5.41, 5.74) is 2.54. The van der Waals surface area contributed by atoms with Crippen LogP contribution in [0.2, 0.25) is 0 Å². The van der Waals surface area contributed by atoms with Crippen molar-refractivity contribution in [1.29, 1.82) is 0 Å². The van der Waals surface area contributed by atoms with Crippen LogP contribution in [0.15, 0.2) is 10.6 Å². The van der Waals surface area contributed by atoms with Gasteiger partial charge in [0.1, 0.15) is 17.5 Å². The highest BCUT2D eigenvalue weighted by atomic mass is 16.5. The highest BCUT2D eigenvalue weighted by Crippen LogP contribution is 2.16. The first-order valence-corrected chi connectivity index (χ1v) is 6.47. The Morgan fingerprint density at radius 1 is 1.25 bits per heavy atom. The summed E-state index contributed by atoms with van der Waals surface area (Å²) in [6.45, 7) is 6.49. The molecule has 0 fully saturated rings. The van der Waals surface area contributed by atoms with Crippen LogP contribution < -0.4 is 16.6 Å². The lowest BCUT2D eigenvalue weighted by molar-refractivity contribution is 0.377. The lowest BCUT2D eigenvalue weighted by Crippen LogP contribution is -2.14. The summed E-state index contributed by atoms with van der Waals surface area (Å²) in [5.74, 6) is 8.91. The summed E-state index contributed by atoms with van der Waals surface area (Å²) in [4.78, 5) is 12.9. The normalized spacial score (nSPS) is 10.8. The third-order valence-corrected chi connectivity index (χ3v) is 2.62. The van der Waals surface area contributed by atoms with Gasteiger partial charge in [-0.05, 0) is 6.92 Å². The summed E-state index contributed by atoms with van der Waals surface area (Å²) in [7, 11) is 0. The first-order chi connectivity index (χ1) is 9.58. The number of hydrazine groups is 1. The van der Waals surface area contributed by atoms with Crippen LogP contribution in [0, 0.1) is 6.92 Å². The molecule has 2 aromatic heterocycles. The fourth-order valence-electron chi connectivity index (χ4n) is 1.63.